The van der Waals surface area contributed by atoms with Gasteiger partial charge >= 0.3 is 0 Å². The van der Waals surface area contributed by atoms with Gasteiger partial charge in [-0.15, -0.1) is 0 Å². The van der Waals surface area contributed by atoms with Crippen LogP contribution in [0.15, 0.2) is 42.5 Å². The number of anilines is 2. The molecule has 0 saturated carbocycles. The summed E-state index contributed by atoms with van der Waals surface area (Å²) in [6, 6.07) is 14.5. The lowest BCUT2D eigenvalue weighted by molar-refractivity contribution is -0.121. The third kappa shape index (κ3) is 2.71. The van der Waals surface area contributed by atoms with Gasteiger partial charge < -0.3 is 10.2 Å². The van der Waals surface area contributed by atoms with Crippen LogP contribution in [0.1, 0.15) is 23.6 Å². The average Bonchev–Trinajstić information content (AvgIpc) is 2.63. The van der Waals surface area contributed by atoms with Crippen molar-refractivity contribution >= 4 is 17.3 Å². The summed E-state index contributed by atoms with van der Waals surface area (Å²) >= 11 is 0. The first-order chi connectivity index (χ1) is 10.6. The number of hydrogen-bond donors (Lipinski definition) is 1. The van der Waals surface area contributed by atoms with Crippen LogP contribution < -0.4 is 10.2 Å². The van der Waals surface area contributed by atoms with Crippen molar-refractivity contribution in [2.45, 2.75) is 27.3 Å². The van der Waals surface area contributed by atoms with E-state index in [4.69, 9.17) is 0 Å². The Balaban J connectivity index is 2.02. The summed E-state index contributed by atoms with van der Waals surface area (Å²) in [6.07, 6.45) is 0. The second-order valence-corrected chi connectivity index (χ2v) is 6.15. The van der Waals surface area contributed by atoms with Crippen molar-refractivity contribution < 1.29 is 4.79 Å². The van der Waals surface area contributed by atoms with Crippen molar-refractivity contribution in [2.75, 3.05) is 16.8 Å². The van der Waals surface area contributed by atoms with Gasteiger partial charge in [0.05, 0.1) is 23.8 Å². The Morgan fingerprint density at radius 2 is 1.95 bits per heavy atom. The monoisotopic (exact) mass is 294 g/mol. The Morgan fingerprint density at radius 1 is 1.18 bits per heavy atom. The second-order valence-electron chi connectivity index (χ2n) is 6.15. The first kappa shape index (κ1) is 14.6. The molecule has 3 rings (SSSR count). The molecule has 0 unspecified atom stereocenters. The molecule has 0 radical (unpaired) electrons. The van der Waals surface area contributed by atoms with Gasteiger partial charge in [0.1, 0.15) is 0 Å². The molecule has 0 aromatic heterocycles. The van der Waals surface area contributed by atoms with Crippen LogP contribution in [-0.4, -0.2) is 12.5 Å². The Bertz CT molecular complexity index is 708. The summed E-state index contributed by atoms with van der Waals surface area (Å²) in [5.41, 5.74) is 5.66. The normalized spacial score (nSPS) is 17.7. The fourth-order valence-electron chi connectivity index (χ4n) is 2.90. The predicted molar refractivity (Wildman–Crippen MR) is 91.2 cm³/mol. The van der Waals surface area contributed by atoms with Crippen molar-refractivity contribution in [3.63, 3.8) is 0 Å². The smallest absolute Gasteiger partial charge is 0.231 e. The third-order valence-corrected chi connectivity index (χ3v) is 4.31. The summed E-state index contributed by atoms with van der Waals surface area (Å²) in [6.45, 7) is 7.47. The van der Waals surface area contributed by atoms with Crippen molar-refractivity contribution in [1.82, 2.24) is 0 Å². The van der Waals surface area contributed by atoms with Gasteiger partial charge in [-0.05, 0) is 37.1 Å². The molecule has 2 aromatic rings. The van der Waals surface area contributed by atoms with Gasteiger partial charge in [0.25, 0.3) is 0 Å². The molecule has 0 fully saturated rings. The first-order valence-corrected chi connectivity index (χ1v) is 7.76. The van der Waals surface area contributed by atoms with Crippen LogP contribution in [-0.2, 0) is 11.3 Å². The minimum Gasteiger partial charge on any atom is -0.383 e. The summed E-state index contributed by atoms with van der Waals surface area (Å²) in [5.74, 6) is 0.149. The van der Waals surface area contributed by atoms with E-state index in [-0.39, 0.29) is 11.8 Å². The number of fused-ring (bicyclic) bond motifs is 1. The zero-order chi connectivity index (χ0) is 15.7. The zero-order valence-electron chi connectivity index (χ0n) is 13.4. The largest absolute Gasteiger partial charge is 0.383 e. The van der Waals surface area contributed by atoms with Crippen molar-refractivity contribution in [2.24, 2.45) is 5.92 Å². The molecule has 2 aromatic carbocycles. The number of para-hydroxylation sites is 2. The second kappa shape index (κ2) is 5.84. The van der Waals surface area contributed by atoms with E-state index in [0.29, 0.717) is 13.1 Å². The fourth-order valence-corrected chi connectivity index (χ4v) is 2.90. The Morgan fingerprint density at radius 3 is 2.77 bits per heavy atom. The van der Waals surface area contributed by atoms with Gasteiger partial charge in [-0.2, -0.15) is 0 Å². The molecular weight excluding hydrogens is 272 g/mol. The number of amides is 1. The predicted octanol–water partition coefficient (Wildman–Crippen LogP) is 3.90. The number of carbonyl (C=O) groups is 1. The lowest BCUT2D eigenvalue weighted by atomic mass is 10.0. The first-order valence-electron chi connectivity index (χ1n) is 7.76. The van der Waals surface area contributed by atoms with Gasteiger partial charge in [-0.25, -0.2) is 0 Å². The lowest BCUT2D eigenvalue weighted by Gasteiger charge is -2.25. The van der Waals surface area contributed by atoms with Crippen LogP contribution in [0.5, 0.6) is 0 Å². The minimum atomic E-state index is -0.0301. The molecule has 0 saturated heterocycles. The van der Waals surface area contributed by atoms with Crippen LogP contribution >= 0.6 is 0 Å². The summed E-state index contributed by atoms with van der Waals surface area (Å²) in [4.78, 5) is 14.7. The quantitative estimate of drug-likeness (QED) is 0.911. The molecule has 22 heavy (non-hydrogen) atoms. The van der Waals surface area contributed by atoms with E-state index in [2.05, 4.69) is 37.4 Å². The molecule has 114 valence electrons. The molecule has 1 heterocycles. The molecule has 1 amide bonds. The van der Waals surface area contributed by atoms with Crippen LogP contribution in [0, 0.1) is 19.8 Å². The maximum atomic E-state index is 12.8. The standard InChI is InChI=1S/C19H22N2O/c1-13-8-9-14(2)16(10-13)12-21-18-7-5-4-6-17(18)20-11-15(3)19(21)22/h4-10,15,20H,11-12H2,1-3H3/t15-/m0/s1. The lowest BCUT2D eigenvalue weighted by Crippen LogP contribution is -2.35. The van der Waals surface area contributed by atoms with E-state index in [0.717, 1.165) is 11.4 Å². The van der Waals surface area contributed by atoms with Crippen LogP contribution in [0.2, 0.25) is 0 Å². The third-order valence-electron chi connectivity index (χ3n) is 4.31. The summed E-state index contributed by atoms with van der Waals surface area (Å²) in [7, 11) is 0. The molecule has 0 aliphatic carbocycles. The van der Waals surface area contributed by atoms with Crippen LogP contribution in [0.25, 0.3) is 0 Å². The Kier molecular flexibility index (Phi) is 3.88. The van der Waals surface area contributed by atoms with Crippen molar-refractivity contribution in [1.29, 1.82) is 0 Å². The Labute approximate surface area is 132 Å². The van der Waals surface area contributed by atoms with E-state index < -0.39 is 0 Å². The number of carbonyl (C=O) groups excluding carboxylic acids is 1. The van der Waals surface area contributed by atoms with E-state index in [1.807, 2.05) is 36.1 Å². The fraction of sp³-hybridized carbons (Fsp3) is 0.316. The molecule has 0 bridgehead atoms. The van der Waals surface area contributed by atoms with Crippen molar-refractivity contribution in [3.05, 3.63) is 59.2 Å². The maximum Gasteiger partial charge on any atom is 0.231 e. The summed E-state index contributed by atoms with van der Waals surface area (Å²) < 4.78 is 0. The number of benzene rings is 2. The van der Waals surface area contributed by atoms with Gasteiger partial charge in [0, 0.05) is 6.54 Å². The zero-order valence-corrected chi connectivity index (χ0v) is 13.4. The van der Waals surface area contributed by atoms with Crippen molar-refractivity contribution in [3.8, 4) is 0 Å². The van der Waals surface area contributed by atoms with E-state index in [9.17, 15) is 4.79 Å². The van der Waals surface area contributed by atoms with Crippen LogP contribution in [0.3, 0.4) is 0 Å². The molecule has 0 spiro atoms. The SMILES string of the molecule is Cc1ccc(C)c(CN2C(=O)[C@@H](C)CNc3ccccc32)c1. The molecular formula is C19H22N2O. The molecule has 1 N–H and O–H groups in total. The maximum absolute atomic E-state index is 12.8. The highest BCUT2D eigenvalue weighted by molar-refractivity contribution is 5.99. The molecule has 1 atom stereocenters. The molecule has 1 aliphatic heterocycles. The van der Waals surface area contributed by atoms with Gasteiger partial charge in [-0.3, -0.25) is 4.79 Å². The highest BCUT2D eigenvalue weighted by Crippen LogP contribution is 2.31. The summed E-state index contributed by atoms with van der Waals surface area (Å²) in [5, 5.41) is 3.38. The number of rotatable bonds is 2. The van der Waals surface area contributed by atoms with E-state index in [1.54, 1.807) is 0 Å². The molecule has 3 nitrogen and oxygen atoms in total. The highest BCUT2D eigenvalue weighted by Gasteiger charge is 2.27. The number of aryl methyl sites for hydroxylation is 2. The van der Waals surface area contributed by atoms with E-state index >= 15 is 0 Å². The average molecular weight is 294 g/mol. The number of hydrogen-bond acceptors (Lipinski definition) is 2. The van der Waals surface area contributed by atoms with Gasteiger partial charge in [-0.1, -0.05) is 42.8 Å². The van der Waals surface area contributed by atoms with Gasteiger partial charge in [0.15, 0.2) is 0 Å². The number of nitrogens with one attached hydrogen (secondary N) is 1. The highest BCUT2D eigenvalue weighted by atomic mass is 16.2. The minimum absolute atomic E-state index is 0.0301. The van der Waals surface area contributed by atoms with Gasteiger partial charge in [0.2, 0.25) is 5.91 Å². The topological polar surface area (TPSA) is 32.3 Å². The van der Waals surface area contributed by atoms with E-state index in [1.165, 1.54) is 16.7 Å². The molecule has 1 aliphatic rings. The number of nitrogens with zero attached hydrogens (tertiary/aromatic N) is 1. The molecule has 3 heteroatoms. The van der Waals surface area contributed by atoms with Crippen LogP contribution in [0.4, 0.5) is 11.4 Å². The Hall–Kier alpha value is -2.29.